The van der Waals surface area contributed by atoms with E-state index in [0.717, 1.165) is 4.91 Å². The van der Waals surface area contributed by atoms with Gasteiger partial charge in [0.2, 0.25) is 0 Å². The second kappa shape index (κ2) is 6.36. The van der Waals surface area contributed by atoms with E-state index >= 15 is 0 Å². The molecular formula is C11H9BrN2O2S. The highest BCUT2D eigenvalue weighted by atomic mass is 79.9. The van der Waals surface area contributed by atoms with Crippen LogP contribution in [0.5, 0.6) is 0 Å². The minimum Gasteiger partial charge on any atom is -0.258 e. The van der Waals surface area contributed by atoms with Gasteiger partial charge in [0.25, 0.3) is 0 Å². The first kappa shape index (κ1) is 13.7. The van der Waals surface area contributed by atoms with Gasteiger partial charge in [0.1, 0.15) is 0 Å². The van der Waals surface area contributed by atoms with E-state index in [9.17, 15) is 10.1 Å². The molecule has 4 nitrogen and oxygen atoms in total. The fraction of sp³-hybridized carbons (Fsp3) is 0. The maximum absolute atomic E-state index is 10.8. The highest BCUT2D eigenvalue weighted by Gasteiger charge is 2.16. The van der Waals surface area contributed by atoms with Crippen LogP contribution in [0.3, 0.4) is 0 Å². The third-order valence-corrected chi connectivity index (χ3v) is 3.49. The van der Waals surface area contributed by atoms with E-state index in [2.05, 4.69) is 34.1 Å². The highest BCUT2D eigenvalue weighted by Crippen LogP contribution is 2.36. The van der Waals surface area contributed by atoms with E-state index < -0.39 is 4.92 Å². The summed E-state index contributed by atoms with van der Waals surface area (Å²) in [4.78, 5) is 15.1. The number of halogens is 1. The molecule has 88 valence electrons. The molecule has 0 N–H and O–H groups in total. The van der Waals surface area contributed by atoms with E-state index in [1.807, 2.05) is 0 Å². The van der Waals surface area contributed by atoms with Gasteiger partial charge in [0.15, 0.2) is 5.03 Å². The Hall–Kier alpha value is -1.40. The molecule has 0 fully saturated rings. The number of pyridine rings is 1. The van der Waals surface area contributed by atoms with Gasteiger partial charge in [0.05, 0.1) is 4.92 Å². The third kappa shape index (κ3) is 3.83. The highest BCUT2D eigenvalue weighted by molar-refractivity contribution is 9.12. The summed E-state index contributed by atoms with van der Waals surface area (Å²) in [6.45, 7) is 7.30. The van der Waals surface area contributed by atoms with Gasteiger partial charge in [-0.2, -0.15) is 0 Å². The number of hydrogen-bond acceptors (Lipinski definition) is 4. The van der Waals surface area contributed by atoms with Crippen molar-refractivity contribution in [3.63, 3.8) is 0 Å². The zero-order chi connectivity index (χ0) is 12.8. The zero-order valence-corrected chi connectivity index (χ0v) is 11.2. The van der Waals surface area contributed by atoms with Crippen molar-refractivity contribution in [2.24, 2.45) is 0 Å². The smallest absolute Gasteiger partial charge is 0.258 e. The summed E-state index contributed by atoms with van der Waals surface area (Å²) in [6, 6.07) is 2.94. The molecule has 17 heavy (non-hydrogen) atoms. The minimum atomic E-state index is -0.460. The molecule has 0 amide bonds. The van der Waals surface area contributed by atoms with Crippen LogP contribution in [0.4, 0.5) is 5.69 Å². The van der Waals surface area contributed by atoms with Crippen LogP contribution < -0.4 is 0 Å². The van der Waals surface area contributed by atoms with Crippen LogP contribution in [0.15, 0.2) is 58.1 Å². The fourth-order valence-electron chi connectivity index (χ4n) is 0.991. The molecule has 0 saturated heterocycles. The van der Waals surface area contributed by atoms with Crippen molar-refractivity contribution in [1.29, 1.82) is 0 Å². The summed E-state index contributed by atoms with van der Waals surface area (Å²) in [5, 5.41) is 11.1. The van der Waals surface area contributed by atoms with Crippen LogP contribution in [-0.2, 0) is 0 Å². The van der Waals surface area contributed by atoms with Crippen LogP contribution in [0.1, 0.15) is 0 Å². The maximum Gasteiger partial charge on any atom is 0.301 e. The van der Waals surface area contributed by atoms with Gasteiger partial charge in [0, 0.05) is 21.7 Å². The predicted octanol–water partition coefficient (Wildman–Crippen LogP) is 4.06. The molecule has 0 atom stereocenters. The van der Waals surface area contributed by atoms with Gasteiger partial charge in [-0.1, -0.05) is 46.9 Å². The van der Waals surface area contributed by atoms with Crippen molar-refractivity contribution in [3.05, 3.63) is 63.1 Å². The van der Waals surface area contributed by atoms with Crippen molar-refractivity contribution in [3.8, 4) is 0 Å². The van der Waals surface area contributed by atoms with E-state index in [1.54, 1.807) is 12.2 Å². The largest absolute Gasteiger partial charge is 0.301 e. The van der Waals surface area contributed by atoms with Crippen LogP contribution >= 0.6 is 27.7 Å². The Morgan fingerprint density at radius 3 is 2.88 bits per heavy atom. The maximum atomic E-state index is 10.8. The van der Waals surface area contributed by atoms with Crippen molar-refractivity contribution in [1.82, 2.24) is 4.98 Å². The predicted molar refractivity (Wildman–Crippen MR) is 73.1 cm³/mol. The topological polar surface area (TPSA) is 56.0 Å². The Kier molecular flexibility index (Phi) is 5.11. The molecule has 1 rings (SSSR count). The van der Waals surface area contributed by atoms with Gasteiger partial charge in [-0.25, -0.2) is 4.98 Å². The van der Waals surface area contributed by atoms with Gasteiger partial charge < -0.3 is 0 Å². The lowest BCUT2D eigenvalue weighted by atomic mass is 10.4. The number of aromatic nitrogens is 1. The lowest BCUT2D eigenvalue weighted by Gasteiger charge is -2.04. The van der Waals surface area contributed by atoms with E-state index in [-0.39, 0.29) is 5.69 Å². The van der Waals surface area contributed by atoms with E-state index in [4.69, 9.17) is 0 Å². The summed E-state index contributed by atoms with van der Waals surface area (Å²) in [7, 11) is 0. The summed E-state index contributed by atoms with van der Waals surface area (Å²) in [5.41, 5.74) is -0.0267. The van der Waals surface area contributed by atoms with Crippen molar-refractivity contribution in [2.75, 3.05) is 0 Å². The Morgan fingerprint density at radius 2 is 2.35 bits per heavy atom. The zero-order valence-electron chi connectivity index (χ0n) is 8.80. The molecule has 1 aromatic heterocycles. The number of thioether (sulfide) groups is 1. The lowest BCUT2D eigenvalue weighted by molar-refractivity contribution is -0.388. The van der Waals surface area contributed by atoms with E-state index in [1.165, 1.54) is 30.1 Å². The van der Waals surface area contributed by atoms with Crippen LogP contribution in [0.25, 0.3) is 0 Å². The van der Waals surface area contributed by atoms with E-state index in [0.29, 0.717) is 9.51 Å². The number of nitro groups is 1. The summed E-state index contributed by atoms with van der Waals surface area (Å²) in [6.07, 6.45) is 4.81. The summed E-state index contributed by atoms with van der Waals surface area (Å²) in [5.74, 6) is 0. The molecule has 0 aromatic carbocycles. The van der Waals surface area contributed by atoms with Crippen molar-refractivity contribution in [2.45, 2.75) is 5.03 Å². The molecule has 1 heterocycles. The summed E-state index contributed by atoms with van der Waals surface area (Å²) < 4.78 is 0.627. The molecule has 0 unspecified atom stereocenters. The fourth-order valence-corrected chi connectivity index (χ4v) is 2.21. The lowest BCUT2D eigenvalue weighted by Crippen LogP contribution is -1.93. The molecule has 6 heteroatoms. The number of hydrogen-bond donors (Lipinski definition) is 0. The number of allylic oxidation sites excluding steroid dienone is 3. The summed E-state index contributed by atoms with van der Waals surface area (Å²) >= 11 is 4.40. The van der Waals surface area contributed by atoms with Crippen molar-refractivity contribution < 1.29 is 4.92 Å². The van der Waals surface area contributed by atoms with Crippen molar-refractivity contribution >= 4 is 33.4 Å². The molecule has 0 radical (unpaired) electrons. The van der Waals surface area contributed by atoms with Gasteiger partial charge in [-0.15, -0.1) is 0 Å². The average molecular weight is 313 g/mol. The average Bonchev–Trinajstić information content (AvgIpc) is 2.28. The number of rotatable bonds is 5. The van der Waals surface area contributed by atoms with Crippen LogP contribution in [-0.4, -0.2) is 9.91 Å². The van der Waals surface area contributed by atoms with Gasteiger partial charge in [-0.05, 0) is 12.1 Å². The van der Waals surface area contributed by atoms with Gasteiger partial charge >= 0.3 is 5.69 Å². The second-order valence-corrected chi connectivity index (χ2v) is 4.85. The first-order valence-corrected chi connectivity index (χ1v) is 6.12. The Morgan fingerprint density at radius 1 is 1.65 bits per heavy atom. The second-order valence-electron chi connectivity index (χ2n) is 2.86. The van der Waals surface area contributed by atoms with Crippen LogP contribution in [0, 0.1) is 10.1 Å². The molecule has 0 aliphatic carbocycles. The molecular weight excluding hydrogens is 304 g/mol. The Balaban J connectivity index is 3.09. The minimum absolute atomic E-state index is 0.0267. The molecule has 1 aromatic rings. The molecule has 0 spiro atoms. The third-order valence-electron chi connectivity index (χ3n) is 1.69. The quantitative estimate of drug-likeness (QED) is 0.356. The SMILES string of the molecule is C=C/C=C(/Sc1ncccc1[N+](=O)[O-])C(=C)Br. The molecule has 0 saturated carbocycles. The first-order chi connectivity index (χ1) is 8.06. The standard InChI is InChI=1S/C11H9BrN2O2S/c1-3-5-10(8(2)12)17-11-9(14(15)16)6-4-7-13-11/h3-7H,1-2H2/b10-5+. The first-order valence-electron chi connectivity index (χ1n) is 4.51. The normalized spacial score (nSPS) is 11.0. The Labute approximate surface area is 111 Å². The number of nitrogens with zero attached hydrogens (tertiary/aromatic N) is 2. The molecule has 0 aliphatic rings. The monoisotopic (exact) mass is 312 g/mol. The van der Waals surface area contributed by atoms with Crippen LogP contribution in [0.2, 0.25) is 0 Å². The molecule has 0 aliphatic heterocycles. The Bertz CT molecular complexity index is 500. The van der Waals surface area contributed by atoms with Gasteiger partial charge in [-0.3, -0.25) is 10.1 Å². The molecule has 0 bridgehead atoms.